The summed E-state index contributed by atoms with van der Waals surface area (Å²) in [6, 6.07) is 11.7. The van der Waals surface area contributed by atoms with Gasteiger partial charge >= 0.3 is 0 Å². The van der Waals surface area contributed by atoms with Crippen molar-refractivity contribution in [1.29, 1.82) is 0 Å². The van der Waals surface area contributed by atoms with E-state index in [1.54, 1.807) is 52.3 Å². The van der Waals surface area contributed by atoms with Crippen molar-refractivity contribution >= 4 is 40.7 Å². The monoisotopic (exact) mass is 413 g/mol. The molecule has 2 aromatic carbocycles. The normalized spacial score (nSPS) is 13.5. The topological polar surface area (TPSA) is 69.7 Å². The molecule has 1 N–H and O–H groups in total. The van der Waals surface area contributed by atoms with Crippen LogP contribution in [0.3, 0.4) is 0 Å². The van der Waals surface area contributed by atoms with Crippen LogP contribution in [0.1, 0.15) is 47.4 Å². The molecule has 0 aromatic heterocycles. The lowest BCUT2D eigenvalue weighted by molar-refractivity contribution is -0.117. The van der Waals surface area contributed by atoms with Crippen molar-refractivity contribution in [3.8, 4) is 0 Å². The minimum atomic E-state index is -0.308. The molecule has 0 radical (unpaired) electrons. The first-order chi connectivity index (χ1) is 13.9. The number of hydrogen-bond acceptors (Lipinski definition) is 3. The second kappa shape index (κ2) is 9.09. The summed E-state index contributed by atoms with van der Waals surface area (Å²) in [5, 5.41) is 3.26. The molecule has 1 heterocycles. The van der Waals surface area contributed by atoms with E-state index in [1.807, 2.05) is 13.8 Å². The number of anilines is 2. The van der Waals surface area contributed by atoms with E-state index in [0.29, 0.717) is 53.6 Å². The fraction of sp³-hybridized carbons (Fsp3) is 0.318. The number of amides is 3. The molecule has 0 aliphatic carbocycles. The quantitative estimate of drug-likeness (QED) is 0.771. The first-order valence-electron chi connectivity index (χ1n) is 9.75. The first kappa shape index (κ1) is 20.9. The van der Waals surface area contributed by atoms with Gasteiger partial charge in [0.25, 0.3) is 11.8 Å². The molecule has 6 nitrogen and oxygen atoms in total. The lowest BCUT2D eigenvalue weighted by Crippen LogP contribution is -2.30. The molecular formula is C22H24ClN3O3. The fourth-order valence-electron chi connectivity index (χ4n) is 3.36. The maximum atomic E-state index is 12.7. The van der Waals surface area contributed by atoms with Gasteiger partial charge in [-0.25, -0.2) is 0 Å². The molecule has 0 unspecified atom stereocenters. The van der Waals surface area contributed by atoms with Gasteiger partial charge in [-0.3, -0.25) is 14.4 Å². The molecule has 2 aromatic rings. The van der Waals surface area contributed by atoms with Gasteiger partial charge in [-0.1, -0.05) is 11.6 Å². The third kappa shape index (κ3) is 4.59. The fourth-order valence-corrected chi connectivity index (χ4v) is 3.58. The van der Waals surface area contributed by atoms with Crippen LogP contribution in [-0.4, -0.2) is 42.3 Å². The number of carbonyl (C=O) groups excluding carboxylic acids is 3. The zero-order chi connectivity index (χ0) is 21.0. The van der Waals surface area contributed by atoms with Gasteiger partial charge in [-0.15, -0.1) is 0 Å². The van der Waals surface area contributed by atoms with Gasteiger partial charge in [0.1, 0.15) is 0 Å². The molecule has 1 aliphatic rings. The average Bonchev–Trinajstić information content (AvgIpc) is 3.15. The predicted molar refractivity (Wildman–Crippen MR) is 115 cm³/mol. The Hall–Kier alpha value is -2.86. The number of carbonyl (C=O) groups is 3. The molecule has 3 amide bonds. The summed E-state index contributed by atoms with van der Waals surface area (Å²) in [5.41, 5.74) is 2.13. The smallest absolute Gasteiger partial charge is 0.255 e. The van der Waals surface area contributed by atoms with Gasteiger partial charge in [-0.05, 0) is 62.7 Å². The average molecular weight is 414 g/mol. The molecule has 0 saturated carbocycles. The van der Waals surface area contributed by atoms with Gasteiger partial charge < -0.3 is 15.1 Å². The zero-order valence-corrected chi connectivity index (χ0v) is 17.3. The maximum Gasteiger partial charge on any atom is 0.255 e. The maximum absolute atomic E-state index is 12.7. The summed E-state index contributed by atoms with van der Waals surface area (Å²) in [5.74, 6) is -0.333. The highest BCUT2D eigenvalue weighted by atomic mass is 35.5. The highest BCUT2D eigenvalue weighted by Gasteiger charge is 2.24. The van der Waals surface area contributed by atoms with E-state index in [4.69, 9.17) is 11.6 Å². The van der Waals surface area contributed by atoms with Crippen LogP contribution in [0.4, 0.5) is 11.4 Å². The summed E-state index contributed by atoms with van der Waals surface area (Å²) < 4.78 is 0. The van der Waals surface area contributed by atoms with E-state index < -0.39 is 0 Å². The van der Waals surface area contributed by atoms with E-state index >= 15 is 0 Å². The van der Waals surface area contributed by atoms with Crippen LogP contribution in [-0.2, 0) is 4.79 Å². The van der Waals surface area contributed by atoms with Crippen molar-refractivity contribution in [2.75, 3.05) is 29.9 Å². The second-order valence-electron chi connectivity index (χ2n) is 6.82. The summed E-state index contributed by atoms with van der Waals surface area (Å²) in [4.78, 5) is 40.4. The Morgan fingerprint density at radius 1 is 1.07 bits per heavy atom. The third-order valence-corrected chi connectivity index (χ3v) is 5.33. The lowest BCUT2D eigenvalue weighted by Gasteiger charge is -2.19. The second-order valence-corrected chi connectivity index (χ2v) is 7.23. The highest BCUT2D eigenvalue weighted by Crippen LogP contribution is 2.30. The Morgan fingerprint density at radius 3 is 2.31 bits per heavy atom. The summed E-state index contributed by atoms with van der Waals surface area (Å²) in [7, 11) is 0. The van der Waals surface area contributed by atoms with Crippen LogP contribution in [0.15, 0.2) is 42.5 Å². The van der Waals surface area contributed by atoms with Crippen LogP contribution in [0, 0.1) is 0 Å². The van der Waals surface area contributed by atoms with Crippen LogP contribution in [0.2, 0.25) is 5.02 Å². The molecule has 3 rings (SSSR count). The Balaban J connectivity index is 1.73. The molecule has 1 saturated heterocycles. The van der Waals surface area contributed by atoms with Crippen molar-refractivity contribution in [2.45, 2.75) is 26.7 Å². The molecule has 29 heavy (non-hydrogen) atoms. The van der Waals surface area contributed by atoms with Gasteiger partial charge in [0.15, 0.2) is 0 Å². The standard InChI is InChI=1S/C22H24ClN3O3/c1-3-25(4-2)22(29)15-7-10-17(11-8-15)24-21(28)16-9-12-18(23)19(14-16)26-13-5-6-20(26)27/h7-12,14H,3-6,13H2,1-2H3,(H,24,28). The molecule has 152 valence electrons. The summed E-state index contributed by atoms with van der Waals surface area (Å²) >= 11 is 6.24. The molecule has 1 fully saturated rings. The third-order valence-electron chi connectivity index (χ3n) is 5.01. The number of halogens is 1. The van der Waals surface area contributed by atoms with Gasteiger partial charge in [-0.2, -0.15) is 0 Å². The number of rotatable bonds is 6. The molecule has 0 spiro atoms. The molecule has 0 atom stereocenters. The Morgan fingerprint density at radius 2 is 1.72 bits per heavy atom. The van der Waals surface area contributed by atoms with Crippen molar-refractivity contribution in [3.63, 3.8) is 0 Å². The van der Waals surface area contributed by atoms with E-state index in [9.17, 15) is 14.4 Å². The van der Waals surface area contributed by atoms with Crippen LogP contribution < -0.4 is 10.2 Å². The first-order valence-corrected chi connectivity index (χ1v) is 10.1. The SMILES string of the molecule is CCN(CC)C(=O)c1ccc(NC(=O)c2ccc(Cl)c(N3CCCC3=O)c2)cc1. The minimum absolute atomic E-state index is 0.0120. The number of nitrogens with one attached hydrogen (secondary N) is 1. The van der Waals surface area contributed by atoms with E-state index in [1.165, 1.54) is 0 Å². The predicted octanol–water partition coefficient (Wildman–Crippen LogP) is 4.20. The molecule has 1 aliphatic heterocycles. The minimum Gasteiger partial charge on any atom is -0.339 e. The molecular weight excluding hydrogens is 390 g/mol. The molecule has 0 bridgehead atoms. The number of nitrogens with zero attached hydrogens (tertiary/aromatic N) is 2. The Labute approximate surface area is 175 Å². The Kier molecular flexibility index (Phi) is 6.54. The van der Waals surface area contributed by atoms with Crippen molar-refractivity contribution < 1.29 is 14.4 Å². The van der Waals surface area contributed by atoms with Gasteiger partial charge in [0.2, 0.25) is 5.91 Å². The van der Waals surface area contributed by atoms with Crippen LogP contribution >= 0.6 is 11.6 Å². The van der Waals surface area contributed by atoms with Crippen molar-refractivity contribution in [3.05, 3.63) is 58.6 Å². The zero-order valence-electron chi connectivity index (χ0n) is 16.6. The van der Waals surface area contributed by atoms with Gasteiger partial charge in [0, 0.05) is 42.9 Å². The number of hydrogen-bond donors (Lipinski definition) is 1. The summed E-state index contributed by atoms with van der Waals surface area (Å²) in [6.07, 6.45) is 1.27. The molecule has 7 heteroatoms. The van der Waals surface area contributed by atoms with Gasteiger partial charge in [0.05, 0.1) is 10.7 Å². The van der Waals surface area contributed by atoms with E-state index in [0.717, 1.165) is 6.42 Å². The highest BCUT2D eigenvalue weighted by molar-refractivity contribution is 6.34. The Bertz CT molecular complexity index is 923. The van der Waals surface area contributed by atoms with Crippen LogP contribution in [0.25, 0.3) is 0 Å². The van der Waals surface area contributed by atoms with E-state index in [2.05, 4.69) is 5.32 Å². The van der Waals surface area contributed by atoms with E-state index in [-0.39, 0.29) is 17.7 Å². The largest absolute Gasteiger partial charge is 0.339 e. The van der Waals surface area contributed by atoms with Crippen molar-refractivity contribution in [2.24, 2.45) is 0 Å². The number of benzene rings is 2. The van der Waals surface area contributed by atoms with Crippen molar-refractivity contribution in [1.82, 2.24) is 4.90 Å². The summed E-state index contributed by atoms with van der Waals surface area (Å²) in [6.45, 7) is 5.77. The van der Waals surface area contributed by atoms with Crippen LogP contribution in [0.5, 0.6) is 0 Å². The lowest BCUT2D eigenvalue weighted by atomic mass is 10.1.